The molecule has 2 fully saturated rings. The van der Waals surface area contributed by atoms with Gasteiger partial charge in [0.1, 0.15) is 17.3 Å². The molecule has 41 heavy (non-hydrogen) atoms. The van der Waals surface area contributed by atoms with Crippen molar-refractivity contribution < 1.29 is 9.53 Å². The highest BCUT2D eigenvalue weighted by molar-refractivity contribution is 9.10. The maximum absolute atomic E-state index is 13.5. The topological polar surface area (TPSA) is 71.8 Å². The fraction of sp³-hybridized carbons (Fsp3) is 0.242. The molecule has 3 heterocycles. The number of carbonyl (C=O) groups excluding carboxylic acids is 1. The van der Waals surface area contributed by atoms with Gasteiger partial charge in [0.25, 0.3) is 5.91 Å². The van der Waals surface area contributed by atoms with E-state index in [0.717, 1.165) is 34.5 Å². The SMILES string of the molecule is O=C(c1ccccc1Oc1ccccc1)N1CCC(Nc2cc(-c3ccccc3C3CC3)nc3c(Br)cnn23)CC1. The number of para-hydroxylation sites is 2. The summed E-state index contributed by atoms with van der Waals surface area (Å²) >= 11 is 3.64. The molecule has 2 aromatic heterocycles. The van der Waals surface area contributed by atoms with E-state index in [9.17, 15) is 4.79 Å². The number of likely N-dealkylation sites (tertiary alicyclic amines) is 1. The van der Waals surface area contributed by atoms with Gasteiger partial charge in [-0.3, -0.25) is 4.79 Å². The first-order chi connectivity index (χ1) is 20.1. The van der Waals surface area contributed by atoms with Crippen LogP contribution in [0.3, 0.4) is 0 Å². The van der Waals surface area contributed by atoms with Crippen molar-refractivity contribution in [1.82, 2.24) is 19.5 Å². The molecule has 1 aliphatic heterocycles. The summed E-state index contributed by atoms with van der Waals surface area (Å²) in [5, 5.41) is 8.31. The van der Waals surface area contributed by atoms with Crippen molar-refractivity contribution in [2.24, 2.45) is 0 Å². The number of ether oxygens (including phenoxy) is 1. The number of piperidine rings is 1. The van der Waals surface area contributed by atoms with Gasteiger partial charge in [0.2, 0.25) is 0 Å². The van der Waals surface area contributed by atoms with Crippen molar-refractivity contribution in [2.75, 3.05) is 18.4 Å². The van der Waals surface area contributed by atoms with Gasteiger partial charge in [-0.25, -0.2) is 4.98 Å². The number of amides is 1. The van der Waals surface area contributed by atoms with E-state index in [4.69, 9.17) is 9.72 Å². The maximum atomic E-state index is 13.5. The minimum atomic E-state index is -0.00346. The van der Waals surface area contributed by atoms with E-state index in [1.54, 1.807) is 6.20 Å². The van der Waals surface area contributed by atoms with Crippen LogP contribution in [0.25, 0.3) is 16.9 Å². The van der Waals surface area contributed by atoms with Crippen molar-refractivity contribution in [3.8, 4) is 22.8 Å². The van der Waals surface area contributed by atoms with Gasteiger partial charge in [-0.2, -0.15) is 9.61 Å². The highest BCUT2D eigenvalue weighted by Gasteiger charge is 2.28. The van der Waals surface area contributed by atoms with Crippen LogP contribution in [0.1, 0.15) is 47.5 Å². The molecular weight excluding hydrogens is 578 g/mol. The second kappa shape index (κ2) is 11.0. The lowest BCUT2D eigenvalue weighted by atomic mass is 10.00. The summed E-state index contributed by atoms with van der Waals surface area (Å²) in [6.45, 7) is 1.31. The number of anilines is 1. The van der Waals surface area contributed by atoms with E-state index in [-0.39, 0.29) is 11.9 Å². The summed E-state index contributed by atoms with van der Waals surface area (Å²) in [4.78, 5) is 20.5. The Morgan fingerprint density at radius 3 is 2.44 bits per heavy atom. The summed E-state index contributed by atoms with van der Waals surface area (Å²) < 4.78 is 8.79. The Hall–Kier alpha value is -4.17. The van der Waals surface area contributed by atoms with Crippen LogP contribution in [0.15, 0.2) is 95.6 Å². The fourth-order valence-electron chi connectivity index (χ4n) is 5.61. The first-order valence-electron chi connectivity index (χ1n) is 14.2. The number of nitrogens with zero attached hydrogens (tertiary/aromatic N) is 4. The molecule has 0 unspecified atom stereocenters. The molecule has 2 aliphatic rings. The second-order valence-corrected chi connectivity index (χ2v) is 11.6. The Kier molecular flexibility index (Phi) is 6.92. The number of aromatic nitrogens is 3. The summed E-state index contributed by atoms with van der Waals surface area (Å²) in [6.07, 6.45) is 5.92. The molecule has 1 amide bonds. The van der Waals surface area contributed by atoms with E-state index in [2.05, 4.69) is 56.7 Å². The minimum absolute atomic E-state index is 0.00346. The first-order valence-corrected chi connectivity index (χ1v) is 14.9. The normalized spacial score (nSPS) is 15.7. The van der Waals surface area contributed by atoms with Crippen LogP contribution in [0.2, 0.25) is 0 Å². The standard InChI is InChI=1S/C33H30BrN5O2/c34-28-21-35-39-31(20-29(37-32(28)39)26-11-5-4-10-25(26)22-14-15-22)36-23-16-18-38(19-17-23)33(40)27-12-6-7-13-30(27)41-24-8-2-1-3-9-24/h1-13,20-23,36H,14-19H2. The van der Waals surface area contributed by atoms with Crippen LogP contribution in [0.4, 0.5) is 5.82 Å². The predicted molar refractivity (Wildman–Crippen MR) is 164 cm³/mol. The molecule has 0 atom stereocenters. The lowest BCUT2D eigenvalue weighted by molar-refractivity contribution is 0.0716. The number of fused-ring (bicyclic) bond motifs is 1. The van der Waals surface area contributed by atoms with Crippen LogP contribution >= 0.6 is 15.9 Å². The van der Waals surface area contributed by atoms with Crippen molar-refractivity contribution >= 4 is 33.3 Å². The summed E-state index contributed by atoms with van der Waals surface area (Å²) in [7, 11) is 0. The minimum Gasteiger partial charge on any atom is -0.457 e. The van der Waals surface area contributed by atoms with Crippen LogP contribution < -0.4 is 10.1 Å². The largest absolute Gasteiger partial charge is 0.457 e. The molecule has 1 saturated carbocycles. The highest BCUT2D eigenvalue weighted by atomic mass is 79.9. The zero-order valence-corrected chi connectivity index (χ0v) is 24.1. The van der Waals surface area contributed by atoms with E-state index >= 15 is 0 Å². The van der Waals surface area contributed by atoms with Gasteiger partial charge in [-0.1, -0.05) is 54.6 Å². The average molecular weight is 609 g/mol. The molecule has 3 aromatic carbocycles. The molecule has 7 rings (SSSR count). The number of halogens is 1. The van der Waals surface area contributed by atoms with Crippen LogP contribution in [0, 0.1) is 0 Å². The Bertz CT molecular complexity index is 1710. The number of benzene rings is 3. The monoisotopic (exact) mass is 607 g/mol. The van der Waals surface area contributed by atoms with Crippen molar-refractivity contribution in [1.29, 1.82) is 0 Å². The Balaban J connectivity index is 1.08. The van der Waals surface area contributed by atoms with Gasteiger partial charge < -0.3 is 15.0 Å². The zero-order chi connectivity index (χ0) is 27.8. The van der Waals surface area contributed by atoms with Gasteiger partial charge in [0.15, 0.2) is 5.65 Å². The van der Waals surface area contributed by atoms with E-state index in [1.807, 2.05) is 64.0 Å². The quantitative estimate of drug-likeness (QED) is 0.207. The molecule has 0 bridgehead atoms. The van der Waals surface area contributed by atoms with Gasteiger partial charge in [-0.15, -0.1) is 0 Å². The molecule has 5 aromatic rings. The highest BCUT2D eigenvalue weighted by Crippen LogP contribution is 2.44. The van der Waals surface area contributed by atoms with E-state index < -0.39 is 0 Å². The Morgan fingerprint density at radius 1 is 0.902 bits per heavy atom. The molecule has 0 radical (unpaired) electrons. The molecule has 7 nitrogen and oxygen atoms in total. The van der Waals surface area contributed by atoms with Crippen molar-refractivity contribution in [3.05, 3.63) is 107 Å². The van der Waals surface area contributed by atoms with Crippen molar-refractivity contribution in [2.45, 2.75) is 37.6 Å². The van der Waals surface area contributed by atoms with Crippen molar-refractivity contribution in [3.63, 3.8) is 0 Å². The zero-order valence-electron chi connectivity index (χ0n) is 22.5. The van der Waals surface area contributed by atoms with E-state index in [0.29, 0.717) is 36.1 Å². The van der Waals surface area contributed by atoms with Crippen LogP contribution in [-0.2, 0) is 0 Å². The number of hydrogen-bond acceptors (Lipinski definition) is 5. The third-order valence-corrected chi connectivity index (χ3v) is 8.46. The lowest BCUT2D eigenvalue weighted by Crippen LogP contribution is -2.42. The molecule has 1 aliphatic carbocycles. The number of rotatable bonds is 7. The number of carbonyl (C=O) groups is 1. The summed E-state index contributed by atoms with van der Waals surface area (Å²) in [5.74, 6) is 2.82. The smallest absolute Gasteiger partial charge is 0.257 e. The molecule has 0 spiro atoms. The molecule has 1 saturated heterocycles. The predicted octanol–water partition coefficient (Wildman–Crippen LogP) is 7.55. The van der Waals surface area contributed by atoms with Gasteiger partial charge in [-0.05, 0) is 77.4 Å². The molecule has 1 N–H and O–H groups in total. The Labute approximate surface area is 247 Å². The van der Waals surface area contributed by atoms with Gasteiger partial charge in [0, 0.05) is 30.8 Å². The second-order valence-electron chi connectivity index (χ2n) is 10.7. The lowest BCUT2D eigenvalue weighted by Gasteiger charge is -2.33. The van der Waals surface area contributed by atoms with Gasteiger partial charge >= 0.3 is 0 Å². The summed E-state index contributed by atoms with van der Waals surface area (Å²) in [6, 6.07) is 28.0. The Morgan fingerprint density at radius 2 is 1.63 bits per heavy atom. The molecule has 206 valence electrons. The molecule has 8 heteroatoms. The molecular formula is C33H30BrN5O2. The van der Waals surface area contributed by atoms with E-state index in [1.165, 1.54) is 24.0 Å². The third-order valence-electron chi connectivity index (χ3n) is 7.91. The van der Waals surface area contributed by atoms with Gasteiger partial charge in [0.05, 0.1) is 21.9 Å². The number of hydrogen-bond donors (Lipinski definition) is 1. The third kappa shape index (κ3) is 5.32. The average Bonchev–Trinajstić information content (AvgIpc) is 3.80. The van der Waals surface area contributed by atoms with Crippen LogP contribution in [0.5, 0.6) is 11.5 Å². The maximum Gasteiger partial charge on any atom is 0.257 e. The first kappa shape index (κ1) is 25.8. The number of nitrogens with one attached hydrogen (secondary N) is 1. The van der Waals surface area contributed by atoms with Crippen LogP contribution in [-0.4, -0.2) is 44.5 Å². The summed E-state index contributed by atoms with van der Waals surface area (Å²) in [5.41, 5.74) is 4.88. The fourth-order valence-corrected chi connectivity index (χ4v) is 5.96.